The summed E-state index contributed by atoms with van der Waals surface area (Å²) in [5.74, 6) is -0.491. The number of hydrogen-bond donors (Lipinski definition) is 2. The van der Waals surface area contributed by atoms with Crippen molar-refractivity contribution < 1.29 is 18.9 Å². The molecule has 1 aliphatic rings. The highest BCUT2D eigenvalue weighted by atomic mass is 19.1. The third kappa shape index (κ3) is 5.64. The second-order valence-electron chi connectivity index (χ2n) is 8.60. The second kappa shape index (κ2) is 8.74. The average Bonchev–Trinajstić information content (AvgIpc) is 2.67. The van der Waals surface area contributed by atoms with Crippen molar-refractivity contribution >= 4 is 17.5 Å². The van der Waals surface area contributed by atoms with Gasteiger partial charge in [0.25, 0.3) is 11.8 Å². The van der Waals surface area contributed by atoms with Gasteiger partial charge in [0.05, 0.1) is 26.2 Å². The molecular weight excluding hydrogens is 369 g/mol. The quantitative estimate of drug-likeness (QED) is 0.829. The molecule has 1 fully saturated rings. The lowest BCUT2D eigenvalue weighted by Crippen LogP contribution is -3.15. The summed E-state index contributed by atoms with van der Waals surface area (Å²) in [4.78, 5) is 27.9. The molecule has 2 aromatic carbocycles. The summed E-state index contributed by atoms with van der Waals surface area (Å²) < 4.78 is 13.2. The number of halogens is 1. The predicted molar refractivity (Wildman–Crippen MR) is 112 cm³/mol. The van der Waals surface area contributed by atoms with Gasteiger partial charge in [0, 0.05) is 11.3 Å². The van der Waals surface area contributed by atoms with Crippen LogP contribution in [-0.2, 0) is 10.2 Å². The first-order chi connectivity index (χ1) is 13.7. The van der Waals surface area contributed by atoms with Gasteiger partial charge in [-0.1, -0.05) is 39.0 Å². The lowest BCUT2D eigenvalue weighted by Gasteiger charge is -2.32. The van der Waals surface area contributed by atoms with E-state index >= 15 is 0 Å². The molecule has 0 aromatic heterocycles. The van der Waals surface area contributed by atoms with Crippen molar-refractivity contribution in [1.29, 1.82) is 0 Å². The summed E-state index contributed by atoms with van der Waals surface area (Å²) in [7, 11) is 0. The molecule has 5 nitrogen and oxygen atoms in total. The summed E-state index contributed by atoms with van der Waals surface area (Å²) in [6.07, 6.45) is 0. The number of rotatable bonds is 4. The number of anilines is 1. The van der Waals surface area contributed by atoms with E-state index in [9.17, 15) is 14.0 Å². The number of carbonyl (C=O) groups is 2. The molecule has 2 N–H and O–H groups in total. The average molecular weight is 399 g/mol. The summed E-state index contributed by atoms with van der Waals surface area (Å²) in [5.41, 5.74) is 2.42. The maximum atomic E-state index is 13.2. The predicted octanol–water partition coefficient (Wildman–Crippen LogP) is 2.10. The van der Waals surface area contributed by atoms with Crippen LogP contribution in [0.15, 0.2) is 48.5 Å². The van der Waals surface area contributed by atoms with E-state index in [1.54, 1.807) is 12.1 Å². The lowest BCUT2D eigenvalue weighted by molar-refractivity contribution is -0.895. The van der Waals surface area contributed by atoms with E-state index in [4.69, 9.17) is 0 Å². The molecule has 0 bridgehead atoms. The van der Waals surface area contributed by atoms with Gasteiger partial charge < -0.3 is 15.1 Å². The van der Waals surface area contributed by atoms with E-state index in [1.165, 1.54) is 17.7 Å². The molecule has 1 aliphatic heterocycles. The molecule has 0 atom stereocenters. The number of benzene rings is 2. The van der Waals surface area contributed by atoms with Crippen molar-refractivity contribution in [3.05, 3.63) is 65.5 Å². The topological polar surface area (TPSA) is 53.9 Å². The van der Waals surface area contributed by atoms with Crippen LogP contribution >= 0.6 is 0 Å². The van der Waals surface area contributed by atoms with Gasteiger partial charge >= 0.3 is 0 Å². The zero-order valence-corrected chi connectivity index (χ0v) is 17.3. The Kier molecular flexibility index (Phi) is 6.33. The Morgan fingerprint density at radius 2 is 1.72 bits per heavy atom. The zero-order chi connectivity index (χ0) is 21.0. The van der Waals surface area contributed by atoms with Gasteiger partial charge in [-0.25, -0.2) is 4.39 Å². The Balaban J connectivity index is 1.49. The van der Waals surface area contributed by atoms with Crippen LogP contribution in [0.1, 0.15) is 36.7 Å². The number of nitrogens with one attached hydrogen (secondary N) is 2. The molecule has 6 heteroatoms. The van der Waals surface area contributed by atoms with Crippen LogP contribution in [0.2, 0.25) is 0 Å². The highest BCUT2D eigenvalue weighted by Gasteiger charge is 2.26. The number of carbonyl (C=O) groups excluding carboxylic acids is 2. The van der Waals surface area contributed by atoms with Crippen LogP contribution in [0.3, 0.4) is 0 Å². The van der Waals surface area contributed by atoms with Gasteiger partial charge in [-0.2, -0.15) is 0 Å². The molecule has 0 spiro atoms. The fourth-order valence-corrected chi connectivity index (χ4v) is 3.50. The van der Waals surface area contributed by atoms with Crippen LogP contribution in [0, 0.1) is 5.82 Å². The molecule has 2 aromatic rings. The highest BCUT2D eigenvalue weighted by molar-refractivity contribution is 5.94. The second-order valence-corrected chi connectivity index (χ2v) is 8.60. The Hall–Kier alpha value is -2.73. The standard InChI is InChI=1S/C23H28FN3O2/c1-23(2,3)18-9-7-17(8-10-18)22(29)27-13-11-26(12-14-27)16-21(28)25-20-6-4-5-19(24)15-20/h4-10,15H,11-14,16H2,1-3H3,(H,25,28)/p+1. The summed E-state index contributed by atoms with van der Waals surface area (Å²) >= 11 is 0. The van der Waals surface area contributed by atoms with E-state index in [2.05, 4.69) is 26.1 Å². The smallest absolute Gasteiger partial charge is 0.279 e. The van der Waals surface area contributed by atoms with E-state index in [-0.39, 0.29) is 23.0 Å². The first-order valence-corrected chi connectivity index (χ1v) is 10.0. The molecule has 154 valence electrons. The van der Waals surface area contributed by atoms with E-state index in [1.807, 2.05) is 29.2 Å². The van der Waals surface area contributed by atoms with Gasteiger partial charge in [-0.05, 0) is 41.3 Å². The molecule has 0 saturated carbocycles. The number of amides is 2. The van der Waals surface area contributed by atoms with Crippen LogP contribution in [0.25, 0.3) is 0 Å². The van der Waals surface area contributed by atoms with E-state index in [0.29, 0.717) is 44.0 Å². The molecule has 1 saturated heterocycles. The van der Waals surface area contributed by atoms with Gasteiger partial charge in [-0.3, -0.25) is 9.59 Å². The van der Waals surface area contributed by atoms with Crippen molar-refractivity contribution in [2.75, 3.05) is 38.0 Å². The number of quaternary nitrogens is 1. The SMILES string of the molecule is CC(C)(C)c1ccc(C(=O)N2CC[NH+](CC(=O)Nc3cccc(F)c3)CC2)cc1. The largest absolute Gasteiger partial charge is 0.327 e. The van der Waals surface area contributed by atoms with Crippen molar-refractivity contribution in [3.63, 3.8) is 0 Å². The molecule has 1 heterocycles. The third-order valence-electron chi connectivity index (χ3n) is 5.27. The van der Waals surface area contributed by atoms with Crippen LogP contribution in [0.5, 0.6) is 0 Å². The first kappa shape index (κ1) is 21.0. The maximum Gasteiger partial charge on any atom is 0.279 e. The monoisotopic (exact) mass is 398 g/mol. The van der Waals surface area contributed by atoms with Crippen LogP contribution in [-0.4, -0.2) is 49.4 Å². The van der Waals surface area contributed by atoms with E-state index in [0.717, 1.165) is 4.90 Å². The lowest BCUT2D eigenvalue weighted by atomic mass is 9.86. The molecule has 0 unspecified atom stereocenters. The Bertz CT molecular complexity index is 866. The maximum absolute atomic E-state index is 13.2. The van der Waals surface area contributed by atoms with Gasteiger partial charge in [0.15, 0.2) is 6.54 Å². The summed E-state index contributed by atoms with van der Waals surface area (Å²) in [6.45, 7) is 9.40. The minimum atomic E-state index is -0.377. The summed E-state index contributed by atoms with van der Waals surface area (Å²) in [6, 6.07) is 13.7. The molecule has 3 rings (SSSR count). The number of piperazine rings is 1. The van der Waals surface area contributed by atoms with Crippen LogP contribution < -0.4 is 10.2 Å². The Labute approximate surface area is 171 Å². The van der Waals surface area contributed by atoms with Gasteiger partial charge in [0.2, 0.25) is 0 Å². The minimum Gasteiger partial charge on any atom is -0.327 e. The van der Waals surface area contributed by atoms with E-state index < -0.39 is 0 Å². The minimum absolute atomic E-state index is 0.0359. The molecule has 29 heavy (non-hydrogen) atoms. The van der Waals surface area contributed by atoms with Crippen LogP contribution in [0.4, 0.5) is 10.1 Å². The van der Waals surface area contributed by atoms with Crippen molar-refractivity contribution in [2.45, 2.75) is 26.2 Å². The Morgan fingerprint density at radius 1 is 1.07 bits per heavy atom. The number of nitrogens with zero attached hydrogens (tertiary/aromatic N) is 1. The van der Waals surface area contributed by atoms with Crippen molar-refractivity contribution in [2.24, 2.45) is 0 Å². The fourth-order valence-electron chi connectivity index (χ4n) is 3.50. The van der Waals surface area contributed by atoms with Crippen molar-refractivity contribution in [1.82, 2.24) is 4.90 Å². The first-order valence-electron chi connectivity index (χ1n) is 10.0. The normalized spacial score (nSPS) is 15.2. The third-order valence-corrected chi connectivity index (χ3v) is 5.27. The Morgan fingerprint density at radius 3 is 2.31 bits per heavy atom. The zero-order valence-electron chi connectivity index (χ0n) is 17.3. The van der Waals surface area contributed by atoms with Gasteiger partial charge in [-0.15, -0.1) is 0 Å². The van der Waals surface area contributed by atoms with Crippen molar-refractivity contribution in [3.8, 4) is 0 Å². The molecule has 0 radical (unpaired) electrons. The molecule has 0 aliphatic carbocycles. The summed E-state index contributed by atoms with van der Waals surface area (Å²) in [5, 5.41) is 2.73. The molecular formula is C23H29FN3O2+. The van der Waals surface area contributed by atoms with Gasteiger partial charge in [0.1, 0.15) is 5.82 Å². The number of hydrogen-bond acceptors (Lipinski definition) is 2. The highest BCUT2D eigenvalue weighted by Crippen LogP contribution is 2.22. The molecule has 2 amide bonds. The fraction of sp³-hybridized carbons (Fsp3) is 0.391.